The normalized spacial score (nSPS) is 31.8. The van der Waals surface area contributed by atoms with Crippen LogP contribution in [0.3, 0.4) is 0 Å². The highest BCUT2D eigenvalue weighted by atomic mass is 14.6. The Balaban J connectivity index is 1.94. The van der Waals surface area contributed by atoms with Crippen molar-refractivity contribution in [3.63, 3.8) is 0 Å². The zero-order chi connectivity index (χ0) is 11.3. The molecule has 0 saturated heterocycles. The highest BCUT2D eigenvalue weighted by Crippen LogP contribution is 2.70. The van der Waals surface area contributed by atoms with Crippen LogP contribution in [0.5, 0.6) is 0 Å². The summed E-state index contributed by atoms with van der Waals surface area (Å²) in [6.07, 6.45) is 2.54. The molecule has 1 unspecified atom stereocenters. The van der Waals surface area contributed by atoms with Crippen molar-refractivity contribution in [1.82, 2.24) is 0 Å². The third-order valence-corrected chi connectivity index (χ3v) is 5.09. The molecule has 1 aromatic rings. The highest BCUT2D eigenvalue weighted by molar-refractivity contribution is 6.06. The highest BCUT2D eigenvalue weighted by Gasteiger charge is 2.59. The Labute approximate surface area is 97.4 Å². The van der Waals surface area contributed by atoms with Crippen LogP contribution in [0, 0.1) is 5.41 Å². The van der Waals surface area contributed by atoms with Crippen LogP contribution in [0.25, 0.3) is 5.57 Å². The lowest BCUT2D eigenvalue weighted by molar-refractivity contribution is 0.392. The maximum absolute atomic E-state index is 2.39. The molecule has 3 aliphatic carbocycles. The molecule has 3 aliphatic rings. The summed E-state index contributed by atoms with van der Waals surface area (Å²) in [6, 6.07) is 4.77. The predicted octanol–water partition coefficient (Wildman–Crippen LogP) is 3.87. The first-order valence-corrected chi connectivity index (χ1v) is 6.32. The minimum absolute atomic E-state index is 0.400. The first kappa shape index (κ1) is 9.04. The molecule has 0 N–H and O–H groups in total. The maximum atomic E-state index is 2.39. The Kier molecular flexibility index (Phi) is 1.22. The molecule has 0 heteroatoms. The lowest BCUT2D eigenvalue weighted by Crippen LogP contribution is -2.20. The Morgan fingerprint density at radius 3 is 2.56 bits per heavy atom. The second kappa shape index (κ2) is 2.16. The van der Waals surface area contributed by atoms with Crippen molar-refractivity contribution in [2.24, 2.45) is 5.41 Å². The molecule has 0 heterocycles. The van der Waals surface area contributed by atoms with E-state index in [1.54, 1.807) is 33.4 Å². The van der Waals surface area contributed by atoms with Gasteiger partial charge in [0.1, 0.15) is 0 Å². The smallest absolute Gasteiger partial charge is 0.0398 e. The van der Waals surface area contributed by atoms with Gasteiger partial charge in [0.2, 0.25) is 0 Å². The molecule has 4 rings (SSSR count). The van der Waals surface area contributed by atoms with Gasteiger partial charge in [0.05, 0.1) is 0 Å². The molecule has 0 spiro atoms. The molecule has 0 aromatic heterocycles. The van der Waals surface area contributed by atoms with Gasteiger partial charge in [-0.1, -0.05) is 31.6 Å². The van der Waals surface area contributed by atoms with Crippen LogP contribution in [0.1, 0.15) is 49.9 Å². The van der Waals surface area contributed by atoms with E-state index in [2.05, 4.69) is 39.8 Å². The molecular formula is C16H18. The summed E-state index contributed by atoms with van der Waals surface area (Å²) in [6.45, 7) is 9.48. The van der Waals surface area contributed by atoms with Crippen LogP contribution < -0.4 is 0 Å². The van der Waals surface area contributed by atoms with Gasteiger partial charge in [-0.25, -0.2) is 0 Å². The number of hydrogen-bond acceptors (Lipinski definition) is 0. The van der Waals surface area contributed by atoms with Crippen molar-refractivity contribution in [2.45, 2.75) is 46.0 Å². The third kappa shape index (κ3) is 0.743. The molecule has 16 heavy (non-hydrogen) atoms. The summed E-state index contributed by atoms with van der Waals surface area (Å²) < 4.78 is 0. The van der Waals surface area contributed by atoms with Crippen molar-refractivity contribution in [3.05, 3.63) is 40.0 Å². The van der Waals surface area contributed by atoms with Crippen molar-refractivity contribution in [2.75, 3.05) is 0 Å². The standard InChI is InChI=1S/C16H18/c1-9-14-13-11-8-15(2,3)7-10(11)5-6-12(13)16(9,14)4/h5-6H,7-8H2,1-4H3. The minimum atomic E-state index is 0.400. The first-order valence-electron chi connectivity index (χ1n) is 6.32. The number of rotatable bonds is 0. The van der Waals surface area contributed by atoms with Gasteiger partial charge in [-0.2, -0.15) is 0 Å². The molecule has 0 bridgehead atoms. The average molecular weight is 210 g/mol. The van der Waals surface area contributed by atoms with Gasteiger partial charge in [-0.15, -0.1) is 0 Å². The molecule has 1 aromatic carbocycles. The molecule has 0 nitrogen and oxygen atoms in total. The van der Waals surface area contributed by atoms with Gasteiger partial charge >= 0.3 is 0 Å². The van der Waals surface area contributed by atoms with Crippen LogP contribution in [0.2, 0.25) is 0 Å². The number of fused-ring (bicyclic) bond motifs is 6. The summed E-state index contributed by atoms with van der Waals surface area (Å²) in [5, 5.41) is 0. The molecule has 0 aliphatic heterocycles. The SMILES string of the molecule is CC1=C2c3c(ccc4c3CC(C)(C)C4)C12C. The molecule has 1 atom stereocenters. The summed E-state index contributed by atoms with van der Waals surface area (Å²) in [5.74, 6) is 0. The Hall–Kier alpha value is -1.04. The van der Waals surface area contributed by atoms with E-state index < -0.39 is 0 Å². The van der Waals surface area contributed by atoms with E-state index in [-0.39, 0.29) is 0 Å². The van der Waals surface area contributed by atoms with E-state index in [9.17, 15) is 0 Å². The van der Waals surface area contributed by atoms with Gasteiger partial charge < -0.3 is 0 Å². The van der Waals surface area contributed by atoms with Crippen molar-refractivity contribution in [1.29, 1.82) is 0 Å². The zero-order valence-electron chi connectivity index (χ0n) is 10.6. The van der Waals surface area contributed by atoms with Gasteiger partial charge in [0, 0.05) is 5.41 Å². The minimum Gasteiger partial charge on any atom is -0.0593 e. The van der Waals surface area contributed by atoms with Crippen LogP contribution in [-0.2, 0) is 18.3 Å². The maximum Gasteiger partial charge on any atom is 0.0398 e. The second-order valence-corrected chi connectivity index (χ2v) is 6.77. The van der Waals surface area contributed by atoms with Gasteiger partial charge in [-0.05, 0) is 59.9 Å². The fraction of sp³-hybridized carbons (Fsp3) is 0.500. The Morgan fingerprint density at radius 1 is 1.06 bits per heavy atom. The largest absolute Gasteiger partial charge is 0.0593 e. The van der Waals surface area contributed by atoms with Crippen molar-refractivity contribution < 1.29 is 0 Å². The fourth-order valence-electron chi connectivity index (χ4n) is 4.06. The van der Waals surface area contributed by atoms with Gasteiger partial charge in [0.15, 0.2) is 0 Å². The number of allylic oxidation sites excluding steroid dienone is 2. The van der Waals surface area contributed by atoms with Crippen LogP contribution in [0.4, 0.5) is 0 Å². The van der Waals surface area contributed by atoms with E-state index in [1.807, 2.05) is 0 Å². The molecule has 0 saturated carbocycles. The number of benzene rings is 1. The number of hydrogen-bond donors (Lipinski definition) is 0. The molecule has 82 valence electrons. The van der Waals surface area contributed by atoms with Gasteiger partial charge in [-0.3, -0.25) is 0 Å². The topological polar surface area (TPSA) is 0 Å². The predicted molar refractivity (Wildman–Crippen MR) is 67.6 cm³/mol. The Morgan fingerprint density at radius 2 is 1.81 bits per heavy atom. The third-order valence-electron chi connectivity index (χ3n) is 5.09. The summed E-state index contributed by atoms with van der Waals surface area (Å²) in [5.41, 5.74) is 10.7. The van der Waals surface area contributed by atoms with Crippen molar-refractivity contribution in [3.8, 4) is 0 Å². The van der Waals surface area contributed by atoms with Crippen LogP contribution in [0.15, 0.2) is 17.7 Å². The summed E-state index contributed by atoms with van der Waals surface area (Å²) in [7, 11) is 0. The monoisotopic (exact) mass is 210 g/mol. The van der Waals surface area contributed by atoms with Crippen LogP contribution in [-0.4, -0.2) is 0 Å². The fourth-order valence-corrected chi connectivity index (χ4v) is 4.06. The summed E-state index contributed by atoms with van der Waals surface area (Å²) in [4.78, 5) is 0. The van der Waals surface area contributed by atoms with Crippen LogP contribution >= 0.6 is 0 Å². The zero-order valence-corrected chi connectivity index (χ0v) is 10.6. The van der Waals surface area contributed by atoms with E-state index in [0.29, 0.717) is 10.8 Å². The van der Waals surface area contributed by atoms with E-state index >= 15 is 0 Å². The summed E-state index contributed by atoms with van der Waals surface area (Å²) >= 11 is 0. The van der Waals surface area contributed by atoms with E-state index in [0.717, 1.165) is 0 Å². The lowest BCUT2D eigenvalue weighted by Gasteiger charge is -2.30. The van der Waals surface area contributed by atoms with E-state index in [1.165, 1.54) is 12.8 Å². The average Bonchev–Trinajstić information content (AvgIpc) is 2.51. The van der Waals surface area contributed by atoms with Crippen molar-refractivity contribution >= 4 is 5.57 Å². The molecule has 0 amide bonds. The molecule has 0 fully saturated rings. The Bertz CT molecular complexity index is 572. The van der Waals surface area contributed by atoms with E-state index in [4.69, 9.17) is 0 Å². The first-order chi connectivity index (χ1) is 7.45. The molecular weight excluding hydrogens is 192 g/mol. The second-order valence-electron chi connectivity index (χ2n) is 6.77. The quantitative estimate of drug-likeness (QED) is 0.610. The molecule has 0 radical (unpaired) electrons. The van der Waals surface area contributed by atoms with Gasteiger partial charge in [0.25, 0.3) is 0 Å². The lowest BCUT2D eigenvalue weighted by atomic mass is 9.73.